The minimum atomic E-state index is -4.85. The molecule has 1 amide bonds. The minimum absolute atomic E-state index is 0.339. The van der Waals surface area contributed by atoms with Gasteiger partial charge in [-0.05, 0) is 53.8 Å². The van der Waals surface area contributed by atoms with Crippen molar-refractivity contribution in [3.63, 3.8) is 0 Å². The number of halogens is 5. The third-order valence-corrected chi connectivity index (χ3v) is 4.97. The van der Waals surface area contributed by atoms with Gasteiger partial charge >= 0.3 is 6.18 Å². The zero-order valence-corrected chi connectivity index (χ0v) is 17.3. The monoisotopic (exact) mass is 533 g/mol. The van der Waals surface area contributed by atoms with Crippen LogP contribution in [-0.4, -0.2) is 31.4 Å². The molecule has 7 nitrogen and oxygen atoms in total. The molecule has 156 valence electrons. The normalized spacial score (nSPS) is 13.7. The highest BCUT2D eigenvalue weighted by Gasteiger charge is 2.36. The number of pyridine rings is 1. The fourth-order valence-electron chi connectivity index (χ4n) is 2.70. The molecule has 0 spiro atoms. The third-order valence-electron chi connectivity index (χ3n) is 4.17. The molecule has 0 aliphatic carbocycles. The van der Waals surface area contributed by atoms with Crippen molar-refractivity contribution in [2.24, 2.45) is 0 Å². The van der Waals surface area contributed by atoms with Gasteiger partial charge in [-0.3, -0.25) is 9.48 Å². The number of carbonyl (C=O) groups excluding carboxylic acids is 1. The molecule has 0 aliphatic rings. The molecular weight excluding hydrogens is 521 g/mol. The van der Waals surface area contributed by atoms with Crippen LogP contribution in [0.4, 0.5) is 23.2 Å². The van der Waals surface area contributed by atoms with Crippen LogP contribution in [0.1, 0.15) is 18.2 Å². The van der Waals surface area contributed by atoms with E-state index >= 15 is 0 Å². The molecule has 30 heavy (non-hydrogen) atoms. The van der Waals surface area contributed by atoms with Crippen LogP contribution in [0.15, 0.2) is 30.5 Å². The van der Waals surface area contributed by atoms with E-state index in [4.69, 9.17) is 5.26 Å². The number of nitrogens with one attached hydrogen (secondary N) is 1. The maximum atomic E-state index is 13.4. The maximum absolute atomic E-state index is 13.4. The van der Waals surface area contributed by atoms with Crippen molar-refractivity contribution in [3.05, 3.63) is 51.2 Å². The number of fused-ring (bicyclic) bond motifs is 1. The van der Waals surface area contributed by atoms with Gasteiger partial charge in [0.2, 0.25) is 0 Å². The number of hydrogen-bond acceptors (Lipinski definition) is 5. The Bertz CT molecular complexity index is 1180. The number of aliphatic hydroxyl groups is 1. The first kappa shape index (κ1) is 21.9. The van der Waals surface area contributed by atoms with Gasteiger partial charge in [-0.25, -0.2) is 9.37 Å². The Balaban J connectivity index is 1.86. The van der Waals surface area contributed by atoms with Crippen LogP contribution in [-0.2, 0) is 17.5 Å². The Labute approximate surface area is 180 Å². The summed E-state index contributed by atoms with van der Waals surface area (Å²) in [6.07, 6.45) is -3.96. The number of hydrogen-bond donors (Lipinski definition) is 2. The van der Waals surface area contributed by atoms with Gasteiger partial charge in [-0.2, -0.15) is 23.5 Å². The number of anilines is 1. The van der Waals surface area contributed by atoms with E-state index < -0.39 is 34.8 Å². The van der Waals surface area contributed by atoms with Gasteiger partial charge in [0.05, 0.1) is 29.5 Å². The Morgan fingerprint density at radius 3 is 2.70 bits per heavy atom. The van der Waals surface area contributed by atoms with Crippen LogP contribution in [0.3, 0.4) is 0 Å². The molecule has 2 N–H and O–H groups in total. The summed E-state index contributed by atoms with van der Waals surface area (Å²) in [5.74, 6) is -1.49. The summed E-state index contributed by atoms with van der Waals surface area (Å²) in [5.41, 5.74) is -4.10. The van der Waals surface area contributed by atoms with Crippen molar-refractivity contribution >= 4 is 45.1 Å². The summed E-state index contributed by atoms with van der Waals surface area (Å²) in [5, 5.41) is 26.2. The lowest BCUT2D eigenvalue weighted by Crippen LogP contribution is -2.44. The average Bonchev–Trinajstić information content (AvgIpc) is 2.95. The number of amides is 1. The van der Waals surface area contributed by atoms with E-state index in [-0.39, 0.29) is 12.2 Å². The number of carbonyl (C=O) groups is 1. The summed E-state index contributed by atoms with van der Waals surface area (Å²) in [6.45, 7) is 0.813. The molecule has 0 aliphatic heterocycles. The first-order valence-electron chi connectivity index (χ1n) is 8.25. The van der Waals surface area contributed by atoms with Gasteiger partial charge in [0, 0.05) is 5.39 Å². The lowest BCUT2D eigenvalue weighted by atomic mass is 10.1. The lowest BCUT2D eigenvalue weighted by molar-refractivity contribution is -0.138. The van der Waals surface area contributed by atoms with Gasteiger partial charge < -0.3 is 10.4 Å². The summed E-state index contributed by atoms with van der Waals surface area (Å²) in [4.78, 5) is 15.9. The number of aromatic nitrogens is 3. The summed E-state index contributed by atoms with van der Waals surface area (Å²) >= 11 is 1.88. The fraction of sp³-hybridized carbons (Fsp3) is 0.222. The van der Waals surface area contributed by atoms with Crippen molar-refractivity contribution in [1.82, 2.24) is 14.8 Å². The second-order valence-corrected chi connectivity index (χ2v) is 7.59. The van der Waals surface area contributed by atoms with E-state index in [1.165, 1.54) is 29.0 Å². The predicted octanol–water partition coefficient (Wildman–Crippen LogP) is 3.46. The highest BCUT2D eigenvalue weighted by molar-refractivity contribution is 14.1. The topological polar surface area (TPSA) is 104 Å². The summed E-state index contributed by atoms with van der Waals surface area (Å²) < 4.78 is 54.4. The smallest absolute Gasteiger partial charge is 0.378 e. The second kappa shape index (κ2) is 7.80. The first-order valence-corrected chi connectivity index (χ1v) is 9.33. The number of nitrogens with zero attached hydrogens (tertiary/aromatic N) is 4. The SMILES string of the molecule is CC(O)(Cn1nc(I)c2cc(F)ccc21)C(=O)Nc1cnc(C#N)c(C(F)(F)F)c1. The molecule has 0 bridgehead atoms. The minimum Gasteiger partial charge on any atom is -0.378 e. The molecule has 3 aromatic rings. The second-order valence-electron chi connectivity index (χ2n) is 6.57. The number of alkyl halides is 3. The van der Waals surface area contributed by atoms with Gasteiger partial charge in [0.1, 0.15) is 15.6 Å². The van der Waals surface area contributed by atoms with Crippen LogP contribution >= 0.6 is 22.6 Å². The number of nitriles is 1. The predicted molar refractivity (Wildman–Crippen MR) is 106 cm³/mol. The molecule has 3 rings (SSSR count). The largest absolute Gasteiger partial charge is 0.419 e. The molecule has 0 radical (unpaired) electrons. The van der Waals surface area contributed by atoms with Crippen LogP contribution in [0.2, 0.25) is 0 Å². The Morgan fingerprint density at radius 2 is 2.07 bits per heavy atom. The molecule has 1 atom stereocenters. The molecule has 1 aromatic carbocycles. The molecule has 2 heterocycles. The fourth-order valence-corrected chi connectivity index (χ4v) is 3.39. The quantitative estimate of drug-likeness (QED) is 0.395. The standard InChI is InChI=1S/C18H12F4IN5O2/c1-17(30,8-28-14-3-2-9(19)4-11(14)15(23)27-28)16(29)26-10-5-12(18(20,21)22)13(6-24)25-7-10/h2-5,7,30H,8H2,1H3,(H,26,29). The number of rotatable bonds is 4. The van der Waals surface area contributed by atoms with Crippen LogP contribution in [0, 0.1) is 20.8 Å². The van der Waals surface area contributed by atoms with Crippen molar-refractivity contribution in [2.75, 3.05) is 5.32 Å². The number of benzene rings is 1. The highest BCUT2D eigenvalue weighted by atomic mass is 127. The summed E-state index contributed by atoms with van der Waals surface area (Å²) in [7, 11) is 0. The van der Waals surface area contributed by atoms with Crippen molar-refractivity contribution in [3.8, 4) is 6.07 Å². The first-order chi connectivity index (χ1) is 13.9. The van der Waals surface area contributed by atoms with E-state index in [0.717, 1.165) is 13.1 Å². The Kier molecular flexibility index (Phi) is 5.70. The average molecular weight is 533 g/mol. The van der Waals surface area contributed by atoms with Crippen molar-refractivity contribution in [2.45, 2.75) is 25.2 Å². The molecule has 0 fully saturated rings. The zero-order chi connectivity index (χ0) is 22.3. The van der Waals surface area contributed by atoms with Gasteiger partial charge in [0.25, 0.3) is 5.91 Å². The maximum Gasteiger partial charge on any atom is 0.419 e. The van der Waals surface area contributed by atoms with Crippen LogP contribution in [0.25, 0.3) is 10.9 Å². The molecular formula is C18H12F4IN5O2. The molecule has 12 heteroatoms. The third kappa shape index (κ3) is 4.36. The van der Waals surface area contributed by atoms with Crippen molar-refractivity contribution in [1.29, 1.82) is 5.26 Å². The van der Waals surface area contributed by atoms with E-state index in [9.17, 15) is 27.5 Å². The van der Waals surface area contributed by atoms with Gasteiger partial charge in [-0.1, -0.05) is 0 Å². The molecule has 0 saturated carbocycles. The van der Waals surface area contributed by atoms with E-state index in [1.807, 2.05) is 22.6 Å². The zero-order valence-electron chi connectivity index (χ0n) is 15.1. The highest BCUT2D eigenvalue weighted by Crippen LogP contribution is 2.32. The van der Waals surface area contributed by atoms with Crippen LogP contribution < -0.4 is 5.32 Å². The van der Waals surface area contributed by atoms with Crippen molar-refractivity contribution < 1.29 is 27.5 Å². The molecule has 1 unspecified atom stereocenters. The Morgan fingerprint density at radius 1 is 1.37 bits per heavy atom. The van der Waals surface area contributed by atoms with E-state index in [2.05, 4.69) is 15.4 Å². The Hall–Kier alpha value is -2.79. The lowest BCUT2D eigenvalue weighted by Gasteiger charge is -2.23. The summed E-state index contributed by atoms with van der Waals surface area (Å²) in [6, 6.07) is 5.80. The molecule has 2 aromatic heterocycles. The van der Waals surface area contributed by atoms with Gasteiger partial charge in [-0.15, -0.1) is 0 Å². The van der Waals surface area contributed by atoms with Gasteiger partial charge in [0.15, 0.2) is 11.3 Å². The van der Waals surface area contributed by atoms with Crippen LogP contribution in [0.5, 0.6) is 0 Å². The van der Waals surface area contributed by atoms with E-state index in [0.29, 0.717) is 20.7 Å². The van der Waals surface area contributed by atoms with E-state index in [1.54, 1.807) is 0 Å². The molecule has 0 saturated heterocycles.